The summed E-state index contributed by atoms with van der Waals surface area (Å²) >= 11 is 0. The van der Waals surface area contributed by atoms with Gasteiger partial charge in [0.05, 0.1) is 18.2 Å². The fourth-order valence-corrected chi connectivity index (χ4v) is 2.82. The van der Waals surface area contributed by atoms with Gasteiger partial charge in [0, 0.05) is 25.5 Å². The summed E-state index contributed by atoms with van der Waals surface area (Å²) in [5.41, 5.74) is 2.56. The van der Waals surface area contributed by atoms with Crippen LogP contribution in [0.1, 0.15) is 35.8 Å². The van der Waals surface area contributed by atoms with Crippen molar-refractivity contribution in [1.29, 1.82) is 0 Å². The van der Waals surface area contributed by atoms with Crippen molar-refractivity contribution >= 4 is 29.3 Å². The molecule has 8 nitrogen and oxygen atoms in total. The highest BCUT2D eigenvalue weighted by Crippen LogP contribution is 2.24. The van der Waals surface area contributed by atoms with E-state index in [9.17, 15) is 14.4 Å². The van der Waals surface area contributed by atoms with Crippen molar-refractivity contribution in [3.05, 3.63) is 59.7 Å². The molecule has 3 N–H and O–H groups in total. The number of benzene rings is 2. The summed E-state index contributed by atoms with van der Waals surface area (Å²) in [7, 11) is 3.68. The number of anilines is 2. The second-order valence-corrected chi connectivity index (χ2v) is 6.84. The number of carbonyl (C=O) groups excluding carboxylic acids is 3. The quantitative estimate of drug-likeness (QED) is 0.579. The summed E-state index contributed by atoms with van der Waals surface area (Å²) < 4.78 is 4.77. The molecule has 0 saturated heterocycles. The Kier molecular flexibility index (Phi) is 8.22. The second kappa shape index (κ2) is 10.8. The Morgan fingerprint density at radius 2 is 1.77 bits per heavy atom. The standard InChI is InChI=1S/C22H28N4O4/c1-5-30-20(27)14-23-22(29)25-17-11-12-19(26(3)4)18(13-17)21(28)24-15(2)16-9-7-6-8-10-16/h6-13,15H,5,14H2,1-4H3,(H,24,28)(H2,23,25,29)/t15-/m0/s1. The van der Waals surface area contributed by atoms with Crippen LogP contribution < -0.4 is 20.9 Å². The summed E-state index contributed by atoms with van der Waals surface area (Å²) in [5, 5.41) is 8.04. The lowest BCUT2D eigenvalue weighted by Crippen LogP contribution is -2.34. The van der Waals surface area contributed by atoms with Crippen molar-refractivity contribution in [3.63, 3.8) is 0 Å². The van der Waals surface area contributed by atoms with E-state index >= 15 is 0 Å². The number of nitrogens with zero attached hydrogens (tertiary/aromatic N) is 1. The van der Waals surface area contributed by atoms with E-state index in [0.717, 1.165) is 5.56 Å². The zero-order chi connectivity index (χ0) is 22.1. The van der Waals surface area contributed by atoms with E-state index in [2.05, 4.69) is 16.0 Å². The van der Waals surface area contributed by atoms with E-state index in [1.165, 1.54) is 0 Å². The Balaban J connectivity index is 2.12. The molecule has 2 rings (SSSR count). The van der Waals surface area contributed by atoms with E-state index in [1.807, 2.05) is 56.3 Å². The molecule has 2 aromatic carbocycles. The molecule has 0 bridgehead atoms. The van der Waals surface area contributed by atoms with Crippen LogP contribution in [0.25, 0.3) is 0 Å². The summed E-state index contributed by atoms with van der Waals surface area (Å²) in [6, 6.07) is 14.0. The van der Waals surface area contributed by atoms with Gasteiger partial charge in [-0.1, -0.05) is 30.3 Å². The number of amides is 3. The third-order valence-corrected chi connectivity index (χ3v) is 4.33. The Morgan fingerprint density at radius 1 is 1.07 bits per heavy atom. The van der Waals surface area contributed by atoms with Crippen molar-refractivity contribution in [2.24, 2.45) is 0 Å². The molecule has 30 heavy (non-hydrogen) atoms. The SMILES string of the molecule is CCOC(=O)CNC(=O)Nc1ccc(N(C)C)c(C(=O)N[C@@H](C)c2ccccc2)c1. The first kappa shape index (κ1) is 22.7. The van der Waals surface area contributed by atoms with Gasteiger partial charge in [-0.25, -0.2) is 4.79 Å². The summed E-state index contributed by atoms with van der Waals surface area (Å²) in [6.45, 7) is 3.61. The van der Waals surface area contributed by atoms with Crippen LogP contribution in [0.4, 0.5) is 16.2 Å². The average molecular weight is 412 g/mol. The maximum atomic E-state index is 13.0. The first-order valence-electron chi connectivity index (χ1n) is 9.69. The zero-order valence-corrected chi connectivity index (χ0v) is 17.7. The predicted octanol–water partition coefficient (Wildman–Crippen LogP) is 2.93. The maximum absolute atomic E-state index is 13.0. The van der Waals surface area contributed by atoms with Crippen LogP contribution in [0, 0.1) is 0 Å². The molecule has 0 saturated carbocycles. The Morgan fingerprint density at radius 3 is 2.40 bits per heavy atom. The minimum absolute atomic E-state index is 0.182. The van der Waals surface area contributed by atoms with Crippen LogP contribution >= 0.6 is 0 Å². The molecule has 2 aromatic rings. The molecule has 8 heteroatoms. The molecule has 0 aromatic heterocycles. The van der Waals surface area contributed by atoms with Crippen molar-refractivity contribution in [1.82, 2.24) is 10.6 Å². The van der Waals surface area contributed by atoms with Gasteiger partial charge in [0.1, 0.15) is 6.54 Å². The third kappa shape index (κ3) is 6.51. The lowest BCUT2D eigenvalue weighted by molar-refractivity contribution is -0.141. The van der Waals surface area contributed by atoms with Crippen LogP contribution in [0.5, 0.6) is 0 Å². The molecular formula is C22H28N4O4. The molecular weight excluding hydrogens is 384 g/mol. The summed E-state index contributed by atoms with van der Waals surface area (Å²) in [4.78, 5) is 38.2. The number of nitrogens with one attached hydrogen (secondary N) is 3. The number of esters is 1. The molecule has 0 unspecified atom stereocenters. The normalized spacial score (nSPS) is 11.2. The van der Waals surface area contributed by atoms with Gasteiger partial charge in [-0.3, -0.25) is 9.59 Å². The molecule has 0 aliphatic rings. The monoisotopic (exact) mass is 412 g/mol. The molecule has 160 valence electrons. The fourth-order valence-electron chi connectivity index (χ4n) is 2.82. The number of urea groups is 1. The third-order valence-electron chi connectivity index (χ3n) is 4.33. The van der Waals surface area contributed by atoms with E-state index in [4.69, 9.17) is 4.74 Å². The fraction of sp³-hybridized carbons (Fsp3) is 0.318. The van der Waals surface area contributed by atoms with Gasteiger partial charge in [0.2, 0.25) is 0 Å². The van der Waals surface area contributed by atoms with E-state index < -0.39 is 12.0 Å². The molecule has 0 radical (unpaired) electrons. The molecule has 0 heterocycles. The maximum Gasteiger partial charge on any atom is 0.325 e. The highest BCUT2D eigenvalue weighted by atomic mass is 16.5. The van der Waals surface area contributed by atoms with Crippen molar-refractivity contribution in [3.8, 4) is 0 Å². The number of rotatable bonds is 8. The first-order chi connectivity index (χ1) is 14.3. The van der Waals surface area contributed by atoms with Crippen LogP contribution in [0.3, 0.4) is 0 Å². The largest absolute Gasteiger partial charge is 0.465 e. The van der Waals surface area contributed by atoms with Gasteiger partial charge >= 0.3 is 12.0 Å². The summed E-state index contributed by atoms with van der Waals surface area (Å²) in [6.07, 6.45) is 0. The molecule has 0 fully saturated rings. The molecule has 0 spiro atoms. The zero-order valence-electron chi connectivity index (χ0n) is 17.7. The first-order valence-corrected chi connectivity index (χ1v) is 9.69. The Labute approximate surface area is 176 Å². The number of hydrogen-bond acceptors (Lipinski definition) is 5. The lowest BCUT2D eigenvalue weighted by Gasteiger charge is -2.20. The van der Waals surface area contributed by atoms with Crippen molar-refractivity contribution in [2.45, 2.75) is 19.9 Å². The van der Waals surface area contributed by atoms with Crippen LogP contribution in [-0.2, 0) is 9.53 Å². The van der Waals surface area contributed by atoms with Gasteiger partial charge in [-0.15, -0.1) is 0 Å². The topological polar surface area (TPSA) is 99.8 Å². The highest BCUT2D eigenvalue weighted by Gasteiger charge is 2.17. The number of ether oxygens (including phenoxy) is 1. The van der Waals surface area contributed by atoms with Crippen molar-refractivity contribution < 1.29 is 19.1 Å². The van der Waals surface area contributed by atoms with Gasteiger partial charge in [-0.2, -0.15) is 0 Å². The van der Waals surface area contributed by atoms with Crippen LogP contribution in [0.15, 0.2) is 48.5 Å². The Hall–Kier alpha value is -3.55. The van der Waals surface area contributed by atoms with E-state index in [1.54, 1.807) is 25.1 Å². The van der Waals surface area contributed by atoms with Gasteiger partial charge in [-0.05, 0) is 37.6 Å². The number of carbonyl (C=O) groups is 3. The number of hydrogen-bond donors (Lipinski definition) is 3. The smallest absolute Gasteiger partial charge is 0.325 e. The van der Waals surface area contributed by atoms with Gasteiger partial charge in [0.25, 0.3) is 5.91 Å². The lowest BCUT2D eigenvalue weighted by atomic mass is 10.1. The predicted molar refractivity (Wildman–Crippen MR) is 117 cm³/mol. The van der Waals surface area contributed by atoms with Gasteiger partial charge < -0.3 is 25.6 Å². The average Bonchev–Trinajstić information content (AvgIpc) is 2.72. The molecule has 3 amide bonds. The van der Waals surface area contributed by atoms with E-state index in [0.29, 0.717) is 16.9 Å². The minimum atomic E-state index is -0.565. The molecule has 1 atom stereocenters. The van der Waals surface area contributed by atoms with Crippen LogP contribution in [0.2, 0.25) is 0 Å². The highest BCUT2D eigenvalue weighted by molar-refractivity contribution is 6.02. The molecule has 0 aliphatic carbocycles. The second-order valence-electron chi connectivity index (χ2n) is 6.84. The van der Waals surface area contributed by atoms with Crippen LogP contribution in [-0.4, -0.2) is 45.2 Å². The van der Waals surface area contributed by atoms with Gasteiger partial charge in [0.15, 0.2) is 0 Å². The Bertz CT molecular complexity index is 884. The van der Waals surface area contributed by atoms with Crippen molar-refractivity contribution in [2.75, 3.05) is 37.5 Å². The minimum Gasteiger partial charge on any atom is -0.465 e. The van der Waals surface area contributed by atoms with E-state index in [-0.39, 0.29) is 25.1 Å². The summed E-state index contributed by atoms with van der Waals surface area (Å²) in [5.74, 6) is -0.781. The molecule has 0 aliphatic heterocycles.